The molecule has 0 fully saturated rings. The summed E-state index contributed by atoms with van der Waals surface area (Å²) in [5.74, 6) is 1.92. The summed E-state index contributed by atoms with van der Waals surface area (Å²) in [7, 11) is 1.81. The summed E-state index contributed by atoms with van der Waals surface area (Å²) in [6.45, 7) is 6.11. The monoisotopic (exact) mass is 441 g/mol. The fourth-order valence-corrected chi connectivity index (χ4v) is 2.48. The van der Waals surface area contributed by atoms with Crippen LogP contribution in [-0.4, -0.2) is 29.1 Å². The zero-order chi connectivity index (χ0) is 16.5. The van der Waals surface area contributed by atoms with E-state index in [0.717, 1.165) is 37.7 Å². The predicted octanol–water partition coefficient (Wildman–Crippen LogP) is 3.52. The van der Waals surface area contributed by atoms with Gasteiger partial charge in [-0.3, -0.25) is 4.99 Å². The van der Waals surface area contributed by atoms with Crippen molar-refractivity contribution in [3.8, 4) is 0 Å². The van der Waals surface area contributed by atoms with Crippen molar-refractivity contribution in [3.05, 3.63) is 54.1 Å². The molecule has 2 aromatic rings. The van der Waals surface area contributed by atoms with Gasteiger partial charge in [0.25, 0.3) is 0 Å². The first-order valence-corrected chi connectivity index (χ1v) is 8.20. The molecule has 24 heavy (non-hydrogen) atoms. The lowest BCUT2D eigenvalue weighted by Gasteiger charge is -2.18. The highest BCUT2D eigenvalue weighted by Crippen LogP contribution is 2.10. The lowest BCUT2D eigenvalue weighted by atomic mass is 10.1. The van der Waals surface area contributed by atoms with Crippen molar-refractivity contribution >= 4 is 29.9 Å². The van der Waals surface area contributed by atoms with Crippen molar-refractivity contribution in [2.45, 2.75) is 39.3 Å². The molecule has 0 aliphatic carbocycles. The minimum Gasteiger partial charge on any atom is -0.356 e. The van der Waals surface area contributed by atoms with Crippen molar-refractivity contribution in [1.82, 2.24) is 20.2 Å². The maximum Gasteiger partial charge on any atom is 0.191 e. The van der Waals surface area contributed by atoms with Crippen LogP contribution >= 0.6 is 24.0 Å². The van der Waals surface area contributed by atoms with Gasteiger partial charge in [0.2, 0.25) is 0 Å². The molecule has 0 saturated carbocycles. The third kappa shape index (κ3) is 6.51. The lowest BCUT2D eigenvalue weighted by Crippen LogP contribution is -2.39. The van der Waals surface area contributed by atoms with Crippen LogP contribution in [0.5, 0.6) is 0 Å². The van der Waals surface area contributed by atoms with Crippen LogP contribution in [0.1, 0.15) is 37.2 Å². The SMILES string of the molecule is CN=C(NCCCCn1ccnc1C)NC(C)c1ccccc1.I. The summed E-state index contributed by atoms with van der Waals surface area (Å²) in [5.41, 5.74) is 1.26. The standard InChI is InChI=1S/C18H27N5.HI/c1-15(17-9-5-4-6-10-17)22-18(19-3)21-11-7-8-13-23-14-12-20-16(23)2;/h4-6,9-10,12,14-15H,7-8,11,13H2,1-3H3,(H2,19,21,22);1H. The maximum absolute atomic E-state index is 4.29. The molecule has 6 heteroatoms. The Morgan fingerprint density at radius 3 is 2.62 bits per heavy atom. The molecule has 2 N–H and O–H groups in total. The van der Waals surface area contributed by atoms with Gasteiger partial charge in [0, 0.05) is 32.5 Å². The molecule has 0 amide bonds. The third-order valence-electron chi connectivity index (χ3n) is 3.92. The number of aliphatic imine (C=N–C) groups is 1. The summed E-state index contributed by atoms with van der Waals surface area (Å²) in [5, 5.41) is 6.80. The smallest absolute Gasteiger partial charge is 0.191 e. The molecular weight excluding hydrogens is 413 g/mol. The van der Waals surface area contributed by atoms with E-state index in [4.69, 9.17) is 0 Å². The highest BCUT2D eigenvalue weighted by atomic mass is 127. The molecular formula is C18H28IN5. The average molecular weight is 441 g/mol. The molecule has 0 radical (unpaired) electrons. The predicted molar refractivity (Wildman–Crippen MR) is 111 cm³/mol. The minimum absolute atomic E-state index is 0. The van der Waals surface area contributed by atoms with E-state index in [0.29, 0.717) is 0 Å². The Morgan fingerprint density at radius 2 is 2.00 bits per heavy atom. The first-order valence-electron chi connectivity index (χ1n) is 8.20. The number of benzene rings is 1. The highest BCUT2D eigenvalue weighted by Gasteiger charge is 2.06. The zero-order valence-electron chi connectivity index (χ0n) is 14.7. The molecule has 5 nitrogen and oxygen atoms in total. The molecule has 1 atom stereocenters. The Labute approximate surface area is 162 Å². The lowest BCUT2D eigenvalue weighted by molar-refractivity contribution is 0.585. The van der Waals surface area contributed by atoms with Gasteiger partial charge >= 0.3 is 0 Å². The van der Waals surface area contributed by atoms with Crippen LogP contribution in [-0.2, 0) is 6.54 Å². The van der Waals surface area contributed by atoms with E-state index in [1.807, 2.05) is 32.4 Å². The summed E-state index contributed by atoms with van der Waals surface area (Å²) in [6, 6.07) is 10.6. The van der Waals surface area contributed by atoms with Crippen LogP contribution in [0.2, 0.25) is 0 Å². The van der Waals surface area contributed by atoms with Crippen molar-refractivity contribution in [2.24, 2.45) is 4.99 Å². The number of nitrogens with zero attached hydrogens (tertiary/aromatic N) is 3. The molecule has 1 aromatic heterocycles. The number of imidazole rings is 1. The van der Waals surface area contributed by atoms with E-state index in [1.54, 1.807) is 0 Å². The van der Waals surface area contributed by atoms with Crippen LogP contribution in [0.25, 0.3) is 0 Å². The van der Waals surface area contributed by atoms with Crippen LogP contribution < -0.4 is 10.6 Å². The summed E-state index contributed by atoms with van der Waals surface area (Å²) >= 11 is 0. The Bertz CT molecular complexity index is 609. The van der Waals surface area contributed by atoms with Crippen molar-refractivity contribution in [1.29, 1.82) is 0 Å². The number of rotatable bonds is 7. The van der Waals surface area contributed by atoms with Crippen molar-refractivity contribution in [2.75, 3.05) is 13.6 Å². The van der Waals surface area contributed by atoms with Crippen molar-refractivity contribution < 1.29 is 0 Å². The first-order chi connectivity index (χ1) is 11.2. The Hall–Kier alpha value is -1.57. The van der Waals surface area contributed by atoms with Crippen LogP contribution in [0, 0.1) is 6.92 Å². The Kier molecular flexibility index (Phi) is 9.44. The van der Waals surface area contributed by atoms with E-state index in [2.05, 4.69) is 56.4 Å². The first kappa shape index (κ1) is 20.5. The molecule has 1 aromatic carbocycles. The summed E-state index contributed by atoms with van der Waals surface area (Å²) < 4.78 is 2.19. The molecule has 132 valence electrons. The number of halogens is 1. The van der Waals surface area contributed by atoms with Gasteiger partial charge in [0.1, 0.15) is 5.82 Å². The van der Waals surface area contributed by atoms with E-state index in [1.165, 1.54) is 5.56 Å². The molecule has 0 saturated heterocycles. The van der Waals surface area contributed by atoms with Gasteiger partial charge in [-0.15, -0.1) is 24.0 Å². The van der Waals surface area contributed by atoms with Gasteiger partial charge in [-0.25, -0.2) is 4.98 Å². The highest BCUT2D eigenvalue weighted by molar-refractivity contribution is 14.0. The molecule has 0 spiro atoms. The van der Waals surface area contributed by atoms with Gasteiger partial charge in [0.15, 0.2) is 5.96 Å². The summed E-state index contributed by atoms with van der Waals surface area (Å²) in [6.07, 6.45) is 6.10. The molecule has 0 aliphatic rings. The zero-order valence-corrected chi connectivity index (χ0v) is 17.0. The van der Waals surface area contributed by atoms with Gasteiger partial charge < -0.3 is 15.2 Å². The number of hydrogen-bond acceptors (Lipinski definition) is 2. The molecule has 1 unspecified atom stereocenters. The molecule has 0 bridgehead atoms. The second-order valence-corrected chi connectivity index (χ2v) is 5.65. The molecule has 0 aliphatic heterocycles. The number of aryl methyl sites for hydroxylation is 2. The Balaban J connectivity index is 0.00000288. The molecule has 1 heterocycles. The quantitative estimate of drug-likeness (QED) is 0.299. The second-order valence-electron chi connectivity index (χ2n) is 5.65. The van der Waals surface area contributed by atoms with Gasteiger partial charge in [-0.1, -0.05) is 30.3 Å². The fourth-order valence-electron chi connectivity index (χ4n) is 2.48. The van der Waals surface area contributed by atoms with Gasteiger partial charge in [-0.05, 0) is 32.3 Å². The average Bonchev–Trinajstić information content (AvgIpc) is 2.99. The van der Waals surface area contributed by atoms with Gasteiger partial charge in [-0.2, -0.15) is 0 Å². The fraction of sp³-hybridized carbons (Fsp3) is 0.444. The number of aromatic nitrogens is 2. The number of unbranched alkanes of at least 4 members (excludes halogenated alkanes) is 1. The number of hydrogen-bond donors (Lipinski definition) is 2. The number of nitrogens with one attached hydrogen (secondary N) is 2. The van der Waals surface area contributed by atoms with Crippen LogP contribution in [0.15, 0.2) is 47.7 Å². The normalized spacial score (nSPS) is 12.4. The minimum atomic E-state index is 0. The number of guanidine groups is 1. The molecule has 2 rings (SSSR count). The van der Waals surface area contributed by atoms with Crippen LogP contribution in [0.4, 0.5) is 0 Å². The van der Waals surface area contributed by atoms with Crippen molar-refractivity contribution in [3.63, 3.8) is 0 Å². The van der Waals surface area contributed by atoms with E-state index >= 15 is 0 Å². The van der Waals surface area contributed by atoms with E-state index in [-0.39, 0.29) is 30.0 Å². The Morgan fingerprint density at radius 1 is 1.25 bits per heavy atom. The maximum atomic E-state index is 4.29. The largest absolute Gasteiger partial charge is 0.356 e. The summed E-state index contributed by atoms with van der Waals surface area (Å²) in [4.78, 5) is 8.53. The van der Waals surface area contributed by atoms with Crippen LogP contribution in [0.3, 0.4) is 0 Å². The van der Waals surface area contributed by atoms with E-state index < -0.39 is 0 Å². The second kappa shape index (κ2) is 11.1. The third-order valence-corrected chi connectivity index (χ3v) is 3.92. The topological polar surface area (TPSA) is 54.2 Å². The van der Waals surface area contributed by atoms with E-state index in [9.17, 15) is 0 Å². The van der Waals surface area contributed by atoms with Gasteiger partial charge in [0.05, 0.1) is 6.04 Å².